The second-order valence-electron chi connectivity index (χ2n) is 7.25. The summed E-state index contributed by atoms with van der Waals surface area (Å²) in [5.41, 5.74) is 0.755. The van der Waals surface area contributed by atoms with E-state index in [1.165, 1.54) is 31.9 Å². The van der Waals surface area contributed by atoms with Gasteiger partial charge in [-0.15, -0.1) is 0 Å². The van der Waals surface area contributed by atoms with Crippen molar-refractivity contribution in [3.05, 3.63) is 54.3 Å². The Kier molecular flexibility index (Phi) is 6.42. The molecule has 156 valence electrons. The second kappa shape index (κ2) is 8.82. The number of carbonyl (C=O) groups excluding carboxylic acids is 1. The molecule has 1 amide bonds. The molecule has 6 nitrogen and oxygen atoms in total. The number of amides is 1. The molecule has 3 rings (SSSR count). The summed E-state index contributed by atoms with van der Waals surface area (Å²) in [6.07, 6.45) is 5.73. The Morgan fingerprint density at radius 2 is 1.69 bits per heavy atom. The summed E-state index contributed by atoms with van der Waals surface area (Å²) in [7, 11) is -3.76. The molecular weight excluding hydrogens is 395 g/mol. The average molecular weight is 421 g/mol. The predicted octanol–water partition coefficient (Wildman–Crippen LogP) is 3.94. The van der Waals surface area contributed by atoms with Gasteiger partial charge in [-0.05, 0) is 81.1 Å². The molecule has 0 heterocycles. The fourth-order valence-corrected chi connectivity index (χ4v) is 4.63. The minimum Gasteiger partial charge on any atom is -0.490 e. The fourth-order valence-electron chi connectivity index (χ4n) is 3.46. The summed E-state index contributed by atoms with van der Waals surface area (Å²) in [6.45, 7) is 1.48. The highest BCUT2D eigenvalue weighted by Crippen LogP contribution is 2.26. The number of nitrogens with one attached hydrogen (secondary N) is 1. The Balaban J connectivity index is 1.69. The maximum absolute atomic E-state index is 13.2. The van der Waals surface area contributed by atoms with Gasteiger partial charge in [-0.1, -0.05) is 0 Å². The minimum atomic E-state index is -3.76. The molecule has 1 saturated carbocycles. The Hall–Kier alpha value is -2.61. The van der Waals surface area contributed by atoms with Crippen LogP contribution in [-0.2, 0) is 14.8 Å². The number of anilines is 2. The van der Waals surface area contributed by atoms with Gasteiger partial charge in [0.05, 0.1) is 18.0 Å². The van der Waals surface area contributed by atoms with E-state index in [4.69, 9.17) is 4.74 Å². The summed E-state index contributed by atoms with van der Waals surface area (Å²) >= 11 is 0. The highest BCUT2D eigenvalue weighted by Gasteiger charge is 2.29. The molecule has 0 radical (unpaired) electrons. The highest BCUT2D eigenvalue weighted by molar-refractivity contribution is 7.92. The average Bonchev–Trinajstić information content (AvgIpc) is 3.17. The van der Waals surface area contributed by atoms with Crippen molar-refractivity contribution >= 4 is 27.3 Å². The predicted molar refractivity (Wildman–Crippen MR) is 111 cm³/mol. The molecule has 0 spiro atoms. The van der Waals surface area contributed by atoms with Crippen LogP contribution in [0.15, 0.2) is 48.5 Å². The van der Waals surface area contributed by atoms with Gasteiger partial charge in [-0.3, -0.25) is 9.10 Å². The molecule has 0 saturated heterocycles. The third-order valence-corrected chi connectivity index (χ3v) is 6.14. The van der Waals surface area contributed by atoms with Crippen LogP contribution < -0.4 is 14.4 Å². The SMILES string of the molecule is CC(C(=O)Nc1ccc(OC2CCCC2)cc1)N(c1ccc(F)cc1)S(C)(=O)=O. The maximum Gasteiger partial charge on any atom is 0.247 e. The van der Waals surface area contributed by atoms with E-state index in [9.17, 15) is 17.6 Å². The van der Waals surface area contributed by atoms with Gasteiger partial charge in [0.25, 0.3) is 0 Å². The van der Waals surface area contributed by atoms with Crippen LogP contribution in [0, 0.1) is 5.82 Å². The van der Waals surface area contributed by atoms with E-state index in [1.54, 1.807) is 24.3 Å². The smallest absolute Gasteiger partial charge is 0.247 e. The number of halogens is 1. The lowest BCUT2D eigenvalue weighted by Gasteiger charge is -2.28. The summed E-state index contributed by atoms with van der Waals surface area (Å²) in [5, 5.41) is 2.72. The van der Waals surface area contributed by atoms with E-state index >= 15 is 0 Å². The van der Waals surface area contributed by atoms with Crippen LogP contribution in [-0.4, -0.2) is 32.7 Å². The van der Waals surface area contributed by atoms with Crippen LogP contribution in [0.1, 0.15) is 32.6 Å². The van der Waals surface area contributed by atoms with Gasteiger partial charge >= 0.3 is 0 Å². The van der Waals surface area contributed by atoms with Gasteiger partial charge in [0.1, 0.15) is 17.6 Å². The van der Waals surface area contributed by atoms with Crippen molar-refractivity contribution in [1.82, 2.24) is 0 Å². The first-order valence-electron chi connectivity index (χ1n) is 9.56. The molecular formula is C21H25FN2O4S. The van der Waals surface area contributed by atoms with Crippen LogP contribution >= 0.6 is 0 Å². The first-order valence-corrected chi connectivity index (χ1v) is 11.4. The van der Waals surface area contributed by atoms with Gasteiger partial charge in [0, 0.05) is 5.69 Å². The lowest BCUT2D eigenvalue weighted by Crippen LogP contribution is -2.45. The zero-order valence-corrected chi connectivity index (χ0v) is 17.3. The molecule has 0 bridgehead atoms. The standard InChI is InChI=1S/C21H25FN2O4S/c1-15(24(29(2,26)27)18-11-7-16(22)8-12-18)21(25)23-17-9-13-20(14-10-17)28-19-5-3-4-6-19/h7-15,19H,3-6H2,1-2H3,(H,23,25). The summed E-state index contributed by atoms with van der Waals surface area (Å²) in [5.74, 6) is -0.240. The highest BCUT2D eigenvalue weighted by atomic mass is 32.2. The molecule has 8 heteroatoms. The summed E-state index contributed by atoms with van der Waals surface area (Å²) < 4.78 is 44.6. The van der Waals surface area contributed by atoms with Gasteiger partial charge in [0.2, 0.25) is 15.9 Å². The van der Waals surface area contributed by atoms with Crippen molar-refractivity contribution in [2.24, 2.45) is 0 Å². The normalized spacial score (nSPS) is 15.7. The quantitative estimate of drug-likeness (QED) is 0.736. The molecule has 0 aliphatic heterocycles. The Bertz CT molecular complexity index is 940. The Morgan fingerprint density at radius 1 is 1.10 bits per heavy atom. The van der Waals surface area contributed by atoms with Gasteiger partial charge in [0.15, 0.2) is 0 Å². The number of hydrogen-bond acceptors (Lipinski definition) is 4. The topological polar surface area (TPSA) is 75.7 Å². The molecule has 1 unspecified atom stereocenters. The molecule has 1 aliphatic carbocycles. The van der Waals surface area contributed by atoms with E-state index in [2.05, 4.69) is 5.32 Å². The number of rotatable bonds is 7. The molecule has 1 atom stereocenters. The van der Waals surface area contributed by atoms with E-state index in [1.807, 2.05) is 0 Å². The Morgan fingerprint density at radius 3 is 2.24 bits per heavy atom. The van der Waals surface area contributed by atoms with E-state index in [0.29, 0.717) is 5.69 Å². The second-order valence-corrected chi connectivity index (χ2v) is 9.11. The number of hydrogen-bond donors (Lipinski definition) is 1. The largest absolute Gasteiger partial charge is 0.490 e. The van der Waals surface area contributed by atoms with Crippen LogP contribution in [0.4, 0.5) is 15.8 Å². The zero-order valence-electron chi connectivity index (χ0n) is 16.5. The first-order chi connectivity index (χ1) is 13.7. The van der Waals surface area contributed by atoms with E-state index < -0.39 is 27.8 Å². The molecule has 0 aromatic heterocycles. The Labute approximate surface area is 170 Å². The summed E-state index contributed by atoms with van der Waals surface area (Å²) in [6, 6.07) is 11.0. The molecule has 2 aromatic rings. The zero-order chi connectivity index (χ0) is 21.0. The maximum atomic E-state index is 13.2. The van der Waals surface area contributed by atoms with Crippen LogP contribution in [0.2, 0.25) is 0 Å². The lowest BCUT2D eigenvalue weighted by atomic mass is 10.2. The van der Waals surface area contributed by atoms with Crippen molar-refractivity contribution in [2.45, 2.75) is 44.8 Å². The van der Waals surface area contributed by atoms with Gasteiger partial charge in [-0.2, -0.15) is 0 Å². The molecule has 1 aliphatic rings. The monoisotopic (exact) mass is 420 g/mol. The van der Waals surface area contributed by atoms with Crippen molar-refractivity contribution in [3.8, 4) is 5.75 Å². The molecule has 1 fully saturated rings. The third kappa shape index (κ3) is 5.47. The number of ether oxygens (including phenoxy) is 1. The van der Waals surface area contributed by atoms with Crippen molar-refractivity contribution in [1.29, 1.82) is 0 Å². The number of carbonyl (C=O) groups is 1. The number of nitrogens with zero attached hydrogens (tertiary/aromatic N) is 1. The van der Waals surface area contributed by atoms with Gasteiger partial charge < -0.3 is 10.1 Å². The van der Waals surface area contributed by atoms with E-state index in [0.717, 1.165) is 41.3 Å². The van der Waals surface area contributed by atoms with Crippen LogP contribution in [0.25, 0.3) is 0 Å². The fraction of sp³-hybridized carbons (Fsp3) is 0.381. The van der Waals surface area contributed by atoms with Crippen molar-refractivity contribution < 1.29 is 22.3 Å². The molecule has 1 N–H and O–H groups in total. The van der Waals surface area contributed by atoms with E-state index in [-0.39, 0.29) is 11.8 Å². The first kappa shape index (κ1) is 21.1. The minimum absolute atomic E-state index is 0.219. The number of sulfonamides is 1. The van der Waals surface area contributed by atoms with Crippen LogP contribution in [0.3, 0.4) is 0 Å². The molecule has 29 heavy (non-hydrogen) atoms. The van der Waals surface area contributed by atoms with Crippen molar-refractivity contribution in [2.75, 3.05) is 15.9 Å². The molecule has 2 aromatic carbocycles. The van der Waals surface area contributed by atoms with Crippen LogP contribution in [0.5, 0.6) is 5.75 Å². The third-order valence-electron chi connectivity index (χ3n) is 4.90. The summed E-state index contributed by atoms with van der Waals surface area (Å²) in [4.78, 5) is 12.7. The lowest BCUT2D eigenvalue weighted by molar-refractivity contribution is -0.116. The van der Waals surface area contributed by atoms with Crippen molar-refractivity contribution in [3.63, 3.8) is 0 Å². The van der Waals surface area contributed by atoms with Gasteiger partial charge in [-0.25, -0.2) is 12.8 Å². The number of benzene rings is 2.